The number of carboxylic acids is 1. The van der Waals surface area contributed by atoms with Gasteiger partial charge in [-0.1, -0.05) is 12.1 Å². The number of carbonyl (C=O) groups excluding carboxylic acids is 1. The second-order valence-electron chi connectivity index (χ2n) is 5.63. The van der Waals surface area contributed by atoms with Crippen molar-refractivity contribution in [2.24, 2.45) is 5.92 Å². The van der Waals surface area contributed by atoms with Gasteiger partial charge in [-0.2, -0.15) is 0 Å². The minimum Gasteiger partial charge on any atom is -0.481 e. The second kappa shape index (κ2) is 6.05. The number of benzene rings is 1. The third kappa shape index (κ3) is 3.36. The number of aryl methyl sites for hydroxylation is 1. The minimum atomic E-state index is -0.729. The third-order valence-corrected chi connectivity index (χ3v) is 3.99. The molecule has 5 nitrogen and oxygen atoms in total. The van der Waals surface area contributed by atoms with E-state index in [-0.39, 0.29) is 17.7 Å². The summed E-state index contributed by atoms with van der Waals surface area (Å²) in [6.07, 6.45) is 4.98. The number of carboxylic acid groups (broad SMARTS) is 1. The van der Waals surface area contributed by atoms with Gasteiger partial charge in [0.2, 0.25) is 5.91 Å². The average molecular weight is 298 g/mol. The largest absolute Gasteiger partial charge is 0.481 e. The van der Waals surface area contributed by atoms with Gasteiger partial charge in [-0.05, 0) is 42.2 Å². The number of carbonyl (C=O) groups is 2. The van der Waals surface area contributed by atoms with E-state index < -0.39 is 5.97 Å². The Hall–Kier alpha value is -2.56. The number of amides is 1. The van der Waals surface area contributed by atoms with Gasteiger partial charge in [0.25, 0.3) is 0 Å². The number of anilines is 1. The van der Waals surface area contributed by atoms with E-state index in [1.165, 1.54) is 0 Å². The van der Waals surface area contributed by atoms with Crippen molar-refractivity contribution in [2.75, 3.05) is 5.32 Å². The van der Waals surface area contributed by atoms with Crippen LogP contribution in [-0.2, 0) is 16.1 Å². The Balaban J connectivity index is 1.50. The van der Waals surface area contributed by atoms with Gasteiger partial charge in [-0.15, -0.1) is 0 Å². The summed E-state index contributed by atoms with van der Waals surface area (Å²) in [5.41, 5.74) is 1.77. The molecular weight excluding hydrogens is 280 g/mol. The molecule has 22 heavy (non-hydrogen) atoms. The molecule has 2 aromatic rings. The first-order valence-electron chi connectivity index (χ1n) is 7.37. The number of hydrogen-bond donors (Lipinski definition) is 2. The Kier molecular flexibility index (Phi) is 3.96. The molecule has 1 fully saturated rings. The van der Waals surface area contributed by atoms with Crippen LogP contribution in [0.2, 0.25) is 0 Å². The normalized spacial score (nSPS) is 19.6. The number of nitrogens with zero attached hydrogens (tertiary/aromatic N) is 1. The summed E-state index contributed by atoms with van der Waals surface area (Å²) in [6.45, 7) is 0.652. The Labute approximate surface area is 128 Å². The van der Waals surface area contributed by atoms with Gasteiger partial charge in [0, 0.05) is 31.0 Å². The van der Waals surface area contributed by atoms with Crippen molar-refractivity contribution in [1.29, 1.82) is 0 Å². The van der Waals surface area contributed by atoms with Gasteiger partial charge in [0.15, 0.2) is 0 Å². The maximum Gasteiger partial charge on any atom is 0.307 e. The summed E-state index contributed by atoms with van der Waals surface area (Å²) in [6, 6.07) is 11.3. The molecule has 1 saturated carbocycles. The van der Waals surface area contributed by atoms with Crippen LogP contribution in [0.4, 0.5) is 5.69 Å². The van der Waals surface area contributed by atoms with Gasteiger partial charge in [0.1, 0.15) is 0 Å². The van der Waals surface area contributed by atoms with Crippen molar-refractivity contribution in [3.63, 3.8) is 0 Å². The molecule has 1 aromatic carbocycles. The molecule has 2 N–H and O–H groups in total. The number of aliphatic carboxylic acids is 1. The fourth-order valence-corrected chi connectivity index (χ4v) is 2.62. The van der Waals surface area contributed by atoms with E-state index in [9.17, 15) is 9.59 Å². The summed E-state index contributed by atoms with van der Waals surface area (Å²) in [4.78, 5) is 22.7. The van der Waals surface area contributed by atoms with Crippen molar-refractivity contribution in [3.8, 4) is 0 Å². The smallest absolute Gasteiger partial charge is 0.307 e. The maximum absolute atomic E-state index is 11.9. The number of aromatic nitrogens is 1. The summed E-state index contributed by atoms with van der Waals surface area (Å²) >= 11 is 0. The number of nitrogens with one attached hydrogen (secondary N) is 1. The molecule has 1 amide bonds. The molecular formula is C17H18N2O3. The van der Waals surface area contributed by atoms with Crippen LogP contribution < -0.4 is 5.32 Å². The van der Waals surface area contributed by atoms with Gasteiger partial charge in [-0.25, -0.2) is 0 Å². The van der Waals surface area contributed by atoms with E-state index in [2.05, 4.69) is 5.32 Å². The Morgan fingerprint density at radius 2 is 1.86 bits per heavy atom. The third-order valence-electron chi connectivity index (χ3n) is 3.99. The summed E-state index contributed by atoms with van der Waals surface area (Å²) in [5.74, 6) is -0.887. The monoisotopic (exact) mass is 298 g/mol. The lowest BCUT2D eigenvalue weighted by Gasteiger charge is -2.07. The molecule has 0 saturated heterocycles. The van der Waals surface area contributed by atoms with E-state index >= 15 is 0 Å². The molecule has 2 atom stereocenters. The highest BCUT2D eigenvalue weighted by molar-refractivity contribution is 5.90. The highest BCUT2D eigenvalue weighted by atomic mass is 16.4. The zero-order valence-electron chi connectivity index (χ0n) is 12.1. The zero-order chi connectivity index (χ0) is 15.5. The van der Waals surface area contributed by atoms with Crippen LogP contribution >= 0.6 is 0 Å². The van der Waals surface area contributed by atoms with Crippen molar-refractivity contribution in [1.82, 2.24) is 4.57 Å². The molecule has 3 rings (SSSR count). The van der Waals surface area contributed by atoms with Crippen molar-refractivity contribution >= 4 is 17.6 Å². The molecule has 0 aliphatic heterocycles. The zero-order valence-corrected chi connectivity index (χ0v) is 12.1. The van der Waals surface area contributed by atoms with Crippen LogP contribution in [0, 0.1) is 5.92 Å². The lowest BCUT2D eigenvalue weighted by molar-refractivity contribution is -0.138. The van der Waals surface area contributed by atoms with Crippen LogP contribution in [0.15, 0.2) is 48.8 Å². The Morgan fingerprint density at radius 3 is 2.45 bits per heavy atom. The number of hydrogen-bond acceptors (Lipinski definition) is 2. The lowest BCUT2D eigenvalue weighted by atomic mass is 10.1. The minimum absolute atomic E-state index is 0.0312. The van der Waals surface area contributed by atoms with Crippen LogP contribution in [-0.4, -0.2) is 21.6 Å². The van der Waals surface area contributed by atoms with Gasteiger partial charge in [-0.3, -0.25) is 9.59 Å². The van der Waals surface area contributed by atoms with E-state index in [0.717, 1.165) is 11.3 Å². The second-order valence-corrected chi connectivity index (χ2v) is 5.63. The fraction of sp³-hybridized carbons (Fsp3) is 0.294. The van der Waals surface area contributed by atoms with E-state index in [1.54, 1.807) is 0 Å². The lowest BCUT2D eigenvalue weighted by Crippen LogP contribution is -2.13. The molecule has 1 aromatic heterocycles. The predicted molar refractivity (Wildman–Crippen MR) is 82.6 cm³/mol. The van der Waals surface area contributed by atoms with Crippen LogP contribution in [0.5, 0.6) is 0 Å². The van der Waals surface area contributed by atoms with Crippen LogP contribution in [0.3, 0.4) is 0 Å². The molecule has 1 heterocycles. The molecule has 0 unspecified atom stereocenters. The highest BCUT2D eigenvalue weighted by Gasteiger charge is 2.43. The first kappa shape index (κ1) is 14.4. The summed E-state index contributed by atoms with van der Waals surface area (Å²) in [7, 11) is 0. The quantitative estimate of drug-likeness (QED) is 0.861. The SMILES string of the molecule is O=C(CCn1cccc1)Nc1ccc([C@@H]2C[C@H]2C(=O)O)cc1. The van der Waals surface area contributed by atoms with Crippen molar-refractivity contribution in [2.45, 2.75) is 25.3 Å². The van der Waals surface area contributed by atoms with Crippen LogP contribution in [0.1, 0.15) is 24.3 Å². The van der Waals surface area contributed by atoms with Crippen molar-refractivity contribution < 1.29 is 14.7 Å². The Morgan fingerprint density at radius 1 is 1.18 bits per heavy atom. The molecule has 1 aliphatic rings. The van der Waals surface area contributed by atoms with Gasteiger partial charge >= 0.3 is 5.97 Å². The molecule has 0 radical (unpaired) electrons. The summed E-state index contributed by atoms with van der Waals surface area (Å²) < 4.78 is 1.96. The molecule has 5 heteroatoms. The standard InChI is InChI=1S/C17H18N2O3/c20-16(7-10-19-8-1-2-9-19)18-13-5-3-12(4-6-13)14-11-15(14)17(21)22/h1-6,8-9,14-15H,7,10-11H2,(H,18,20)(H,21,22)/t14-,15+/m0/s1. The van der Waals surface area contributed by atoms with Gasteiger partial charge in [0.05, 0.1) is 5.92 Å². The van der Waals surface area contributed by atoms with Crippen molar-refractivity contribution in [3.05, 3.63) is 54.4 Å². The Bertz CT molecular complexity index is 662. The molecule has 0 spiro atoms. The van der Waals surface area contributed by atoms with E-state index in [4.69, 9.17) is 5.11 Å². The van der Waals surface area contributed by atoms with E-state index in [1.807, 2.05) is 53.4 Å². The van der Waals surface area contributed by atoms with Crippen LogP contribution in [0.25, 0.3) is 0 Å². The van der Waals surface area contributed by atoms with Gasteiger partial charge < -0.3 is 15.0 Å². The molecule has 114 valence electrons. The first-order valence-corrected chi connectivity index (χ1v) is 7.37. The fourth-order valence-electron chi connectivity index (χ4n) is 2.62. The predicted octanol–water partition coefficient (Wildman–Crippen LogP) is 2.71. The number of rotatable bonds is 6. The maximum atomic E-state index is 11.9. The first-order chi connectivity index (χ1) is 10.6. The topological polar surface area (TPSA) is 71.3 Å². The highest BCUT2D eigenvalue weighted by Crippen LogP contribution is 2.47. The van der Waals surface area contributed by atoms with E-state index in [0.29, 0.717) is 19.4 Å². The average Bonchev–Trinajstić information content (AvgIpc) is 3.14. The molecule has 1 aliphatic carbocycles. The molecule has 0 bridgehead atoms. The summed E-state index contributed by atoms with van der Waals surface area (Å²) in [5, 5.41) is 11.8.